The van der Waals surface area contributed by atoms with Gasteiger partial charge in [0.05, 0.1) is 66.2 Å². The van der Waals surface area contributed by atoms with Gasteiger partial charge in [-0.25, -0.2) is 0 Å². The maximum Gasteiger partial charge on any atom is 0.0542 e. The second kappa shape index (κ2) is 18.7. The summed E-state index contributed by atoms with van der Waals surface area (Å²) in [5.74, 6) is 0. The topological polar surface area (TPSA) is 29.6 Å². The lowest BCUT2D eigenvalue weighted by Gasteiger charge is -2.14. The summed E-state index contributed by atoms with van der Waals surface area (Å²) in [6, 6.07) is 117. The van der Waals surface area contributed by atoms with E-state index in [1.54, 1.807) is 0 Å². The fraction of sp³-hybridized carbons (Fsp3) is 0. The van der Waals surface area contributed by atoms with Crippen molar-refractivity contribution in [3.8, 4) is 45.3 Å². The molecule has 0 aliphatic rings. The van der Waals surface area contributed by atoms with Gasteiger partial charge in [-0.1, -0.05) is 170 Å². The van der Waals surface area contributed by atoms with E-state index < -0.39 is 0 Å². The van der Waals surface area contributed by atoms with Gasteiger partial charge in [-0.15, -0.1) is 0 Å². The Balaban J connectivity index is 0.773. The lowest BCUT2D eigenvalue weighted by molar-refractivity contribution is 1.16. The number of hydrogen-bond acceptors (Lipinski definition) is 0. The van der Waals surface area contributed by atoms with E-state index in [0.29, 0.717) is 0 Å². The molecule has 14 aromatic carbocycles. The fourth-order valence-electron chi connectivity index (χ4n) is 15.6. The molecule has 0 unspecified atom stereocenters. The molecule has 90 heavy (non-hydrogen) atoms. The van der Waals surface area contributed by atoms with Gasteiger partial charge in [-0.2, -0.15) is 0 Å². The Morgan fingerprint density at radius 1 is 0.122 bits per heavy atom. The van der Waals surface area contributed by atoms with E-state index in [4.69, 9.17) is 0 Å². The van der Waals surface area contributed by atoms with Crippen molar-refractivity contribution in [1.29, 1.82) is 0 Å². The molecule has 6 heterocycles. The molecule has 0 amide bonds. The highest BCUT2D eigenvalue weighted by Gasteiger charge is 2.23. The van der Waals surface area contributed by atoms with Gasteiger partial charge in [0.15, 0.2) is 0 Å². The zero-order chi connectivity index (χ0) is 58.7. The number of hydrogen-bond donors (Lipinski definition) is 0. The van der Waals surface area contributed by atoms with Crippen molar-refractivity contribution < 1.29 is 0 Å². The van der Waals surface area contributed by atoms with Gasteiger partial charge in [0.2, 0.25) is 0 Å². The highest BCUT2D eigenvalue weighted by Crippen LogP contribution is 2.43. The van der Waals surface area contributed by atoms with E-state index in [9.17, 15) is 0 Å². The minimum atomic E-state index is 1.10. The van der Waals surface area contributed by atoms with Crippen LogP contribution in [0.5, 0.6) is 0 Å². The summed E-state index contributed by atoms with van der Waals surface area (Å²) in [4.78, 5) is 0. The van der Waals surface area contributed by atoms with Crippen molar-refractivity contribution in [2.24, 2.45) is 0 Å². The first-order valence-corrected chi connectivity index (χ1v) is 31.0. The van der Waals surface area contributed by atoms with Gasteiger partial charge in [-0.3, -0.25) is 0 Å². The molecule has 0 N–H and O–H groups in total. The molecule has 0 bridgehead atoms. The molecule has 0 fully saturated rings. The SMILES string of the molecule is c1cc(-c2cccc(-n3c4ccc(-n5c6ccccc6c6ccccc65)cc4c4cc(-n5c6ccccc6c6ccccc65)ccc43)c2)cc(-n2c3ccc(-n4c5ccccc5c5ccccc54)cc3c3cc(-n4c5ccccc5c5ccccc54)ccc32)c1. The van der Waals surface area contributed by atoms with Crippen molar-refractivity contribution in [2.45, 2.75) is 0 Å². The maximum atomic E-state index is 2.47. The van der Waals surface area contributed by atoms with Crippen molar-refractivity contribution in [1.82, 2.24) is 27.4 Å². The number of aromatic nitrogens is 6. The summed E-state index contributed by atoms with van der Waals surface area (Å²) in [6.07, 6.45) is 0. The Hall–Kier alpha value is -12.1. The first-order valence-electron chi connectivity index (χ1n) is 31.0. The Bertz CT molecular complexity index is 5480. The molecule has 0 atom stereocenters. The van der Waals surface area contributed by atoms with Crippen LogP contribution >= 0.6 is 0 Å². The van der Waals surface area contributed by atoms with Gasteiger partial charge < -0.3 is 27.4 Å². The Morgan fingerprint density at radius 3 is 0.511 bits per heavy atom. The molecule has 6 aromatic heterocycles. The Morgan fingerprint density at radius 2 is 0.300 bits per heavy atom. The van der Waals surface area contributed by atoms with Crippen molar-refractivity contribution in [3.63, 3.8) is 0 Å². The first kappa shape index (κ1) is 49.0. The van der Waals surface area contributed by atoms with E-state index in [-0.39, 0.29) is 0 Å². The number of benzene rings is 14. The largest absolute Gasteiger partial charge is 0.309 e. The number of para-hydroxylation sites is 8. The molecule has 6 nitrogen and oxygen atoms in total. The molecule has 0 aliphatic heterocycles. The van der Waals surface area contributed by atoms with E-state index in [0.717, 1.165) is 67.3 Å². The fourth-order valence-corrected chi connectivity index (χ4v) is 15.6. The van der Waals surface area contributed by atoms with Crippen LogP contribution in [0.3, 0.4) is 0 Å². The normalized spacial score (nSPS) is 12.2. The highest BCUT2D eigenvalue weighted by molar-refractivity contribution is 6.17. The molecule has 0 saturated heterocycles. The molecule has 6 heteroatoms. The molecule has 0 spiro atoms. The average molecular weight is 1150 g/mol. The monoisotopic (exact) mass is 1140 g/mol. The first-order chi connectivity index (χ1) is 44.7. The predicted octanol–water partition coefficient (Wildman–Crippen LogP) is 21.9. The van der Waals surface area contributed by atoms with Crippen molar-refractivity contribution in [2.75, 3.05) is 0 Å². The van der Waals surface area contributed by atoms with Crippen LogP contribution < -0.4 is 0 Å². The van der Waals surface area contributed by atoms with Gasteiger partial charge in [0.25, 0.3) is 0 Å². The quantitative estimate of drug-likeness (QED) is 0.152. The van der Waals surface area contributed by atoms with Crippen molar-refractivity contribution >= 4 is 131 Å². The summed E-state index contributed by atoms with van der Waals surface area (Å²) in [5.41, 5.74) is 23.1. The van der Waals surface area contributed by atoms with Crippen LogP contribution in [0.1, 0.15) is 0 Å². The molecule has 20 aromatic rings. The van der Waals surface area contributed by atoms with Crippen LogP contribution in [-0.2, 0) is 0 Å². The number of fused-ring (bicyclic) bond motifs is 18. The molecule has 0 saturated carbocycles. The van der Waals surface area contributed by atoms with Gasteiger partial charge in [-0.05, 0) is 157 Å². The van der Waals surface area contributed by atoms with E-state index >= 15 is 0 Å². The summed E-state index contributed by atoms with van der Waals surface area (Å²) in [5, 5.41) is 14.7. The third kappa shape index (κ3) is 6.92. The predicted molar refractivity (Wildman–Crippen MR) is 378 cm³/mol. The van der Waals surface area contributed by atoms with Crippen LogP contribution in [0.25, 0.3) is 176 Å². The Kier molecular flexibility index (Phi) is 10.2. The van der Waals surface area contributed by atoms with E-state index in [2.05, 4.69) is 343 Å². The molecule has 0 aliphatic carbocycles. The second-order valence-electron chi connectivity index (χ2n) is 24.1. The average Bonchev–Trinajstić information content (AvgIpc) is 1.66. The summed E-state index contributed by atoms with van der Waals surface area (Å²) in [6.45, 7) is 0. The summed E-state index contributed by atoms with van der Waals surface area (Å²) in [7, 11) is 0. The lowest BCUT2D eigenvalue weighted by atomic mass is 10.0. The van der Waals surface area contributed by atoms with Crippen LogP contribution in [0.15, 0.2) is 315 Å². The summed E-state index contributed by atoms with van der Waals surface area (Å²) >= 11 is 0. The van der Waals surface area contributed by atoms with Gasteiger partial charge in [0.1, 0.15) is 0 Å². The second-order valence-corrected chi connectivity index (χ2v) is 24.1. The maximum absolute atomic E-state index is 2.47. The Labute approximate surface area is 516 Å². The van der Waals surface area contributed by atoms with Gasteiger partial charge in [0, 0.05) is 98.8 Å². The van der Waals surface area contributed by atoms with Crippen LogP contribution in [-0.4, -0.2) is 27.4 Å². The molecule has 418 valence electrons. The van der Waals surface area contributed by atoms with E-state index in [1.165, 1.54) is 109 Å². The van der Waals surface area contributed by atoms with Gasteiger partial charge >= 0.3 is 0 Å². The van der Waals surface area contributed by atoms with Crippen LogP contribution in [0.4, 0.5) is 0 Å². The molecule has 20 rings (SSSR count). The zero-order valence-corrected chi connectivity index (χ0v) is 48.7. The van der Waals surface area contributed by atoms with E-state index in [1.807, 2.05) is 0 Å². The lowest BCUT2D eigenvalue weighted by Crippen LogP contribution is -1.98. The molecular formula is C84H52N6. The third-order valence-electron chi connectivity index (χ3n) is 19.4. The molecular weight excluding hydrogens is 1090 g/mol. The van der Waals surface area contributed by atoms with Crippen LogP contribution in [0.2, 0.25) is 0 Å². The number of nitrogens with zero attached hydrogens (tertiary/aromatic N) is 6. The third-order valence-corrected chi connectivity index (χ3v) is 19.4. The van der Waals surface area contributed by atoms with Crippen LogP contribution in [0, 0.1) is 0 Å². The van der Waals surface area contributed by atoms with Crippen molar-refractivity contribution in [3.05, 3.63) is 315 Å². The number of rotatable bonds is 7. The highest BCUT2D eigenvalue weighted by atomic mass is 15.0. The standard InChI is InChI=1S/C84H52N6/c1-9-31-73-61(23-1)62-24-2-10-32-74(62)87(73)57-39-43-81-69(49-57)70-50-58(88-75-33-11-3-25-63(75)64-26-4-12-34-76(64)88)40-44-82(70)85(81)55-21-17-19-53(47-55)54-20-18-22-56(48-54)86-83-45-41-59(89-77-35-13-5-27-65(77)66-28-6-14-36-78(66)89)51-71(83)72-52-60(42-46-84(72)86)90-79-37-15-7-29-67(79)68-30-8-16-38-80(68)90/h1-52H. The zero-order valence-electron chi connectivity index (χ0n) is 48.7. The minimum absolute atomic E-state index is 1.10. The summed E-state index contributed by atoms with van der Waals surface area (Å²) < 4.78 is 14.7. The minimum Gasteiger partial charge on any atom is -0.309 e. The molecule has 0 radical (unpaired) electrons. The smallest absolute Gasteiger partial charge is 0.0542 e.